The molecule has 17 heavy (non-hydrogen) atoms. The van der Waals surface area contributed by atoms with Crippen molar-refractivity contribution in [3.05, 3.63) is 12.2 Å². The molecule has 1 heterocycles. The van der Waals surface area contributed by atoms with Crippen LogP contribution in [0.2, 0.25) is 0 Å². The number of allylic oxidation sites excluding steroid dienone is 1. The number of hydrogen-bond acceptors (Lipinski definition) is 5. The highest BCUT2D eigenvalue weighted by molar-refractivity contribution is 5.74. The van der Waals surface area contributed by atoms with E-state index in [1.54, 1.807) is 6.08 Å². The minimum absolute atomic E-state index is 0.261. The van der Waals surface area contributed by atoms with Gasteiger partial charge in [-0.25, -0.2) is 4.79 Å². The summed E-state index contributed by atoms with van der Waals surface area (Å²) in [5.74, 6) is -0.731. The van der Waals surface area contributed by atoms with Crippen molar-refractivity contribution in [3.8, 4) is 0 Å². The van der Waals surface area contributed by atoms with Gasteiger partial charge in [-0.2, -0.15) is 0 Å². The Bertz CT molecular complexity index is 276. The molecule has 1 aliphatic rings. The van der Waals surface area contributed by atoms with E-state index in [1.165, 1.54) is 6.08 Å². The van der Waals surface area contributed by atoms with Crippen LogP contribution < -0.4 is 0 Å². The van der Waals surface area contributed by atoms with Crippen LogP contribution in [0.4, 0.5) is 0 Å². The molecular formula is C12H20O5. The number of aliphatic hydroxyl groups excluding tert-OH is 3. The maximum absolute atomic E-state index is 11.5. The van der Waals surface area contributed by atoms with Gasteiger partial charge in [-0.05, 0) is 19.3 Å². The zero-order valence-corrected chi connectivity index (χ0v) is 9.95. The summed E-state index contributed by atoms with van der Waals surface area (Å²) in [4.78, 5) is 11.5. The molecule has 0 aromatic heterocycles. The van der Waals surface area contributed by atoms with Crippen LogP contribution in [0, 0.1) is 0 Å². The van der Waals surface area contributed by atoms with Gasteiger partial charge in [0, 0.05) is 0 Å². The SMILES string of the molecule is CCC[C@@H]1OC(=O)[C@H](O)CC/C=C\[C@@H](O)[C@@H]1O. The molecule has 0 spiro atoms. The monoisotopic (exact) mass is 244 g/mol. The summed E-state index contributed by atoms with van der Waals surface area (Å²) < 4.78 is 5.03. The zero-order chi connectivity index (χ0) is 12.8. The Morgan fingerprint density at radius 1 is 1.41 bits per heavy atom. The van der Waals surface area contributed by atoms with Gasteiger partial charge in [-0.1, -0.05) is 25.5 Å². The van der Waals surface area contributed by atoms with E-state index in [-0.39, 0.29) is 6.42 Å². The standard InChI is InChI=1S/C12H20O5/c1-2-5-10-11(15)8(13)6-3-4-7-9(14)12(16)17-10/h3,6,8-11,13-15H,2,4-5,7H2,1H3/b6-3-/t8-,9-,10+,11+/m1/s1. The Morgan fingerprint density at radius 2 is 2.12 bits per heavy atom. The van der Waals surface area contributed by atoms with Crippen molar-refractivity contribution < 1.29 is 24.9 Å². The molecular weight excluding hydrogens is 224 g/mol. The zero-order valence-electron chi connectivity index (χ0n) is 9.95. The largest absolute Gasteiger partial charge is 0.458 e. The normalized spacial score (nSPS) is 37.3. The van der Waals surface area contributed by atoms with Gasteiger partial charge in [0.2, 0.25) is 0 Å². The maximum atomic E-state index is 11.5. The van der Waals surface area contributed by atoms with Crippen LogP contribution in [-0.4, -0.2) is 45.7 Å². The predicted octanol–water partition coefficient (Wildman–Crippen LogP) is 0.131. The van der Waals surface area contributed by atoms with E-state index in [0.717, 1.165) is 0 Å². The number of rotatable bonds is 2. The van der Waals surface area contributed by atoms with E-state index in [2.05, 4.69) is 0 Å². The number of aliphatic hydroxyl groups is 3. The van der Waals surface area contributed by atoms with Crippen molar-refractivity contribution in [3.63, 3.8) is 0 Å². The van der Waals surface area contributed by atoms with Crippen LogP contribution in [0.15, 0.2) is 12.2 Å². The molecule has 0 saturated heterocycles. The lowest BCUT2D eigenvalue weighted by Crippen LogP contribution is -2.41. The van der Waals surface area contributed by atoms with Crippen LogP contribution in [0.1, 0.15) is 32.6 Å². The van der Waals surface area contributed by atoms with Crippen molar-refractivity contribution in [2.24, 2.45) is 0 Å². The summed E-state index contributed by atoms with van der Waals surface area (Å²) in [6, 6.07) is 0. The minimum Gasteiger partial charge on any atom is -0.458 e. The fraction of sp³-hybridized carbons (Fsp3) is 0.750. The summed E-state index contributed by atoms with van der Waals surface area (Å²) in [7, 11) is 0. The third-order valence-electron chi connectivity index (χ3n) is 2.78. The first-order valence-electron chi connectivity index (χ1n) is 5.97. The molecule has 5 nitrogen and oxygen atoms in total. The summed E-state index contributed by atoms with van der Waals surface area (Å²) in [5, 5.41) is 29.0. The number of hydrogen-bond donors (Lipinski definition) is 3. The first kappa shape index (κ1) is 14.2. The average molecular weight is 244 g/mol. The molecule has 1 aliphatic heterocycles. The van der Waals surface area contributed by atoms with Crippen LogP contribution in [-0.2, 0) is 9.53 Å². The first-order valence-corrected chi connectivity index (χ1v) is 5.97. The number of ether oxygens (including phenoxy) is 1. The van der Waals surface area contributed by atoms with Crippen LogP contribution >= 0.6 is 0 Å². The second kappa shape index (κ2) is 6.74. The molecule has 0 saturated carbocycles. The van der Waals surface area contributed by atoms with Gasteiger partial charge in [-0.3, -0.25) is 0 Å². The fourth-order valence-electron chi connectivity index (χ4n) is 1.75. The van der Waals surface area contributed by atoms with Crippen LogP contribution in [0.25, 0.3) is 0 Å². The average Bonchev–Trinajstić information content (AvgIpc) is 2.31. The van der Waals surface area contributed by atoms with Crippen LogP contribution in [0.3, 0.4) is 0 Å². The van der Waals surface area contributed by atoms with Gasteiger partial charge in [0.05, 0.1) is 0 Å². The molecule has 0 amide bonds. The highest BCUT2D eigenvalue weighted by Gasteiger charge is 2.30. The first-order chi connectivity index (χ1) is 8.06. The van der Waals surface area contributed by atoms with E-state index in [0.29, 0.717) is 19.3 Å². The van der Waals surface area contributed by atoms with E-state index in [1.807, 2.05) is 6.92 Å². The van der Waals surface area contributed by atoms with E-state index < -0.39 is 30.4 Å². The van der Waals surface area contributed by atoms with E-state index in [4.69, 9.17) is 4.74 Å². The molecule has 0 fully saturated rings. The molecule has 0 radical (unpaired) electrons. The number of carbonyl (C=O) groups excluding carboxylic acids is 1. The molecule has 3 N–H and O–H groups in total. The molecule has 4 atom stereocenters. The Balaban J connectivity index is 2.80. The van der Waals surface area contributed by atoms with Gasteiger partial charge in [-0.15, -0.1) is 0 Å². The highest BCUT2D eigenvalue weighted by atomic mass is 16.6. The number of carbonyl (C=O) groups is 1. The molecule has 0 aromatic rings. The molecule has 5 heteroatoms. The third-order valence-corrected chi connectivity index (χ3v) is 2.78. The summed E-state index contributed by atoms with van der Waals surface area (Å²) in [5.41, 5.74) is 0. The smallest absolute Gasteiger partial charge is 0.335 e. The highest BCUT2D eigenvalue weighted by Crippen LogP contribution is 2.16. The Kier molecular flexibility index (Phi) is 5.61. The van der Waals surface area contributed by atoms with Crippen LogP contribution in [0.5, 0.6) is 0 Å². The lowest BCUT2D eigenvalue weighted by atomic mass is 10.0. The maximum Gasteiger partial charge on any atom is 0.335 e. The van der Waals surface area contributed by atoms with Crippen molar-refractivity contribution >= 4 is 5.97 Å². The van der Waals surface area contributed by atoms with Crippen molar-refractivity contribution in [2.45, 2.75) is 57.0 Å². The van der Waals surface area contributed by atoms with Gasteiger partial charge in [0.15, 0.2) is 6.10 Å². The van der Waals surface area contributed by atoms with Gasteiger partial charge in [0.25, 0.3) is 0 Å². The Morgan fingerprint density at radius 3 is 2.76 bits per heavy atom. The van der Waals surface area contributed by atoms with Crippen molar-refractivity contribution in [1.82, 2.24) is 0 Å². The number of esters is 1. The summed E-state index contributed by atoms with van der Waals surface area (Å²) >= 11 is 0. The Labute approximate surface area is 101 Å². The van der Waals surface area contributed by atoms with Gasteiger partial charge in [0.1, 0.15) is 18.3 Å². The fourth-order valence-corrected chi connectivity index (χ4v) is 1.75. The van der Waals surface area contributed by atoms with E-state index in [9.17, 15) is 20.1 Å². The van der Waals surface area contributed by atoms with Crippen molar-refractivity contribution in [2.75, 3.05) is 0 Å². The molecule has 98 valence electrons. The molecule has 1 rings (SSSR count). The molecule has 0 bridgehead atoms. The topological polar surface area (TPSA) is 87.0 Å². The van der Waals surface area contributed by atoms with Crippen molar-refractivity contribution in [1.29, 1.82) is 0 Å². The third kappa shape index (κ3) is 4.11. The van der Waals surface area contributed by atoms with E-state index >= 15 is 0 Å². The molecule has 0 aliphatic carbocycles. The lowest BCUT2D eigenvalue weighted by molar-refractivity contribution is -0.169. The number of cyclic esters (lactones) is 1. The predicted molar refractivity (Wildman–Crippen MR) is 61.2 cm³/mol. The lowest BCUT2D eigenvalue weighted by Gasteiger charge is -2.27. The molecule has 0 aromatic carbocycles. The molecule has 0 unspecified atom stereocenters. The second-order valence-corrected chi connectivity index (χ2v) is 4.27. The summed E-state index contributed by atoms with van der Waals surface area (Å²) in [6.07, 6.45) is 0.857. The van der Waals surface area contributed by atoms with Gasteiger partial charge >= 0.3 is 5.97 Å². The Hall–Kier alpha value is -0.910. The quantitative estimate of drug-likeness (QED) is 0.475. The summed E-state index contributed by atoms with van der Waals surface area (Å²) in [6.45, 7) is 1.89. The second-order valence-electron chi connectivity index (χ2n) is 4.27. The van der Waals surface area contributed by atoms with Gasteiger partial charge < -0.3 is 20.1 Å². The minimum atomic E-state index is -1.17.